The highest BCUT2D eigenvalue weighted by Crippen LogP contribution is 2.15. The van der Waals surface area contributed by atoms with Crippen LogP contribution in [0.1, 0.15) is 92.2 Å². The third-order valence-electron chi connectivity index (χ3n) is 5.99. The number of unbranched alkanes of at least 4 members (excludes halogenated alkanes) is 5. The molecule has 0 aliphatic rings. The summed E-state index contributed by atoms with van der Waals surface area (Å²) in [6.45, 7) is 4.36. The van der Waals surface area contributed by atoms with Gasteiger partial charge in [0.25, 0.3) is 0 Å². The Labute approximate surface area is 209 Å². The van der Waals surface area contributed by atoms with Gasteiger partial charge < -0.3 is 0 Å². The van der Waals surface area contributed by atoms with E-state index in [1.165, 1.54) is 61.8 Å². The highest BCUT2D eigenvalue weighted by Gasteiger charge is 2.08. The van der Waals surface area contributed by atoms with E-state index in [0.29, 0.717) is 5.56 Å². The van der Waals surface area contributed by atoms with Crippen molar-refractivity contribution in [3.05, 3.63) is 106 Å². The zero-order chi connectivity index (χ0) is 24.9. The molecule has 3 aromatic carbocycles. The van der Waals surface area contributed by atoms with Crippen LogP contribution >= 0.6 is 0 Å². The molecule has 0 fully saturated rings. The number of hydrogen-bond acceptors (Lipinski definition) is 0. The standard InChI is InChI=1S/C33H34F2/c1-3-5-6-7-8-9-11-27-14-18-28(19-15-27)20-21-30-24-32(34)31(33(35)25-30)23-22-29-16-12-26(10-4-2)13-17-29/h12-19,24-25H,3-11H2,1-2H3. The van der Waals surface area contributed by atoms with Crippen molar-refractivity contribution in [1.29, 1.82) is 0 Å². The monoisotopic (exact) mass is 468 g/mol. The van der Waals surface area contributed by atoms with Crippen molar-refractivity contribution >= 4 is 0 Å². The molecule has 0 unspecified atom stereocenters. The van der Waals surface area contributed by atoms with Crippen molar-refractivity contribution in [2.45, 2.75) is 71.6 Å². The van der Waals surface area contributed by atoms with E-state index in [-0.39, 0.29) is 5.56 Å². The molecule has 0 heterocycles. The van der Waals surface area contributed by atoms with Crippen molar-refractivity contribution in [2.24, 2.45) is 0 Å². The lowest BCUT2D eigenvalue weighted by molar-refractivity contribution is 0.577. The Bertz CT molecular complexity index is 1170. The van der Waals surface area contributed by atoms with Crippen LogP contribution in [-0.4, -0.2) is 0 Å². The normalized spacial score (nSPS) is 10.3. The van der Waals surface area contributed by atoms with Crippen molar-refractivity contribution in [1.82, 2.24) is 0 Å². The van der Waals surface area contributed by atoms with Crippen molar-refractivity contribution in [3.8, 4) is 23.7 Å². The molecule has 0 saturated carbocycles. The summed E-state index contributed by atoms with van der Waals surface area (Å²) in [4.78, 5) is 0. The van der Waals surface area contributed by atoms with Gasteiger partial charge >= 0.3 is 0 Å². The lowest BCUT2D eigenvalue weighted by Crippen LogP contribution is -1.93. The van der Waals surface area contributed by atoms with Gasteiger partial charge in [-0.2, -0.15) is 0 Å². The highest BCUT2D eigenvalue weighted by molar-refractivity contribution is 5.49. The maximum absolute atomic E-state index is 14.6. The second-order valence-electron chi connectivity index (χ2n) is 8.98. The van der Waals surface area contributed by atoms with Gasteiger partial charge in [-0.25, -0.2) is 8.78 Å². The molecular formula is C33H34F2. The van der Waals surface area contributed by atoms with Crippen molar-refractivity contribution in [3.63, 3.8) is 0 Å². The van der Waals surface area contributed by atoms with Crippen LogP contribution in [0.5, 0.6) is 0 Å². The summed E-state index contributed by atoms with van der Waals surface area (Å²) >= 11 is 0. The third-order valence-corrected chi connectivity index (χ3v) is 5.99. The Kier molecular flexibility index (Phi) is 10.6. The predicted molar refractivity (Wildman–Crippen MR) is 142 cm³/mol. The summed E-state index contributed by atoms with van der Waals surface area (Å²) < 4.78 is 29.1. The van der Waals surface area contributed by atoms with E-state index >= 15 is 0 Å². The van der Waals surface area contributed by atoms with Crippen LogP contribution in [0, 0.1) is 35.3 Å². The van der Waals surface area contributed by atoms with E-state index in [1.807, 2.05) is 36.4 Å². The minimum atomic E-state index is -0.696. The Balaban J connectivity index is 1.61. The van der Waals surface area contributed by atoms with Crippen molar-refractivity contribution < 1.29 is 8.78 Å². The van der Waals surface area contributed by atoms with E-state index in [4.69, 9.17) is 0 Å². The smallest absolute Gasteiger partial charge is 0.143 e. The van der Waals surface area contributed by atoms with E-state index in [2.05, 4.69) is 49.7 Å². The lowest BCUT2D eigenvalue weighted by Gasteiger charge is -2.02. The molecule has 0 spiro atoms. The maximum atomic E-state index is 14.6. The fourth-order valence-corrected chi connectivity index (χ4v) is 3.95. The van der Waals surface area contributed by atoms with E-state index in [9.17, 15) is 8.78 Å². The lowest BCUT2D eigenvalue weighted by atomic mass is 10.0. The quantitative estimate of drug-likeness (QED) is 0.218. The van der Waals surface area contributed by atoms with Gasteiger partial charge in [-0.1, -0.05) is 100 Å². The summed E-state index contributed by atoms with van der Waals surface area (Å²) in [6.07, 6.45) is 10.8. The molecule has 35 heavy (non-hydrogen) atoms. The van der Waals surface area contributed by atoms with Crippen LogP contribution < -0.4 is 0 Å². The molecule has 0 N–H and O–H groups in total. The molecule has 0 bridgehead atoms. The van der Waals surface area contributed by atoms with Crippen molar-refractivity contribution in [2.75, 3.05) is 0 Å². The van der Waals surface area contributed by atoms with E-state index in [0.717, 1.165) is 30.4 Å². The topological polar surface area (TPSA) is 0 Å². The number of aryl methyl sites for hydroxylation is 2. The van der Waals surface area contributed by atoms with Gasteiger partial charge in [-0.15, -0.1) is 0 Å². The summed E-state index contributed by atoms with van der Waals surface area (Å²) in [5.41, 5.74) is 4.15. The largest absolute Gasteiger partial charge is 0.205 e. The first-order valence-electron chi connectivity index (χ1n) is 12.8. The van der Waals surface area contributed by atoms with Crippen LogP contribution in [0.4, 0.5) is 8.78 Å². The minimum Gasteiger partial charge on any atom is -0.205 e. The fourth-order valence-electron chi connectivity index (χ4n) is 3.95. The first kappa shape index (κ1) is 26.2. The Morgan fingerprint density at radius 3 is 1.57 bits per heavy atom. The molecule has 3 aromatic rings. The summed E-state index contributed by atoms with van der Waals surface area (Å²) in [5, 5.41) is 0. The Morgan fingerprint density at radius 2 is 1.00 bits per heavy atom. The molecule has 0 radical (unpaired) electrons. The molecule has 0 aliphatic heterocycles. The molecule has 0 amide bonds. The summed E-state index contributed by atoms with van der Waals surface area (Å²) in [7, 11) is 0. The molecule has 2 heteroatoms. The molecule has 180 valence electrons. The van der Waals surface area contributed by atoms with Crippen LogP contribution in [0.15, 0.2) is 60.7 Å². The van der Waals surface area contributed by atoms with Gasteiger partial charge in [0.05, 0.1) is 5.56 Å². The average molecular weight is 469 g/mol. The summed E-state index contributed by atoms with van der Waals surface area (Å²) in [5.74, 6) is 9.98. The van der Waals surface area contributed by atoms with Crippen LogP contribution in [0.25, 0.3) is 0 Å². The number of hydrogen-bond donors (Lipinski definition) is 0. The summed E-state index contributed by atoms with van der Waals surface area (Å²) in [6, 6.07) is 18.4. The van der Waals surface area contributed by atoms with E-state index in [1.54, 1.807) is 0 Å². The van der Waals surface area contributed by atoms with E-state index < -0.39 is 11.6 Å². The molecule has 0 nitrogen and oxygen atoms in total. The fraction of sp³-hybridized carbons (Fsp3) is 0.333. The first-order chi connectivity index (χ1) is 17.1. The minimum absolute atomic E-state index is 0.229. The number of rotatable bonds is 9. The SMILES string of the molecule is CCCCCCCCc1ccc(C#Cc2cc(F)c(C#Cc3ccc(CCC)cc3)c(F)c2)cc1. The third kappa shape index (κ3) is 8.73. The van der Waals surface area contributed by atoms with Gasteiger partial charge in [-0.05, 0) is 66.8 Å². The van der Waals surface area contributed by atoms with Crippen LogP contribution in [0.2, 0.25) is 0 Å². The second kappa shape index (κ2) is 14.1. The predicted octanol–water partition coefficient (Wildman–Crippen LogP) is 8.62. The zero-order valence-corrected chi connectivity index (χ0v) is 20.9. The molecule has 3 rings (SSSR count). The van der Waals surface area contributed by atoms with Crippen LogP contribution in [0.3, 0.4) is 0 Å². The second-order valence-corrected chi connectivity index (χ2v) is 8.98. The highest BCUT2D eigenvalue weighted by atomic mass is 19.1. The molecular weight excluding hydrogens is 434 g/mol. The first-order valence-corrected chi connectivity index (χ1v) is 12.8. The average Bonchev–Trinajstić information content (AvgIpc) is 2.86. The van der Waals surface area contributed by atoms with Crippen LogP contribution in [-0.2, 0) is 12.8 Å². The Hall–Kier alpha value is -3.36. The Morgan fingerprint density at radius 1 is 0.514 bits per heavy atom. The van der Waals surface area contributed by atoms with Gasteiger partial charge in [0, 0.05) is 16.7 Å². The number of halogens is 2. The zero-order valence-electron chi connectivity index (χ0n) is 20.9. The molecule has 0 aromatic heterocycles. The van der Waals surface area contributed by atoms with Gasteiger partial charge in [0.1, 0.15) is 11.6 Å². The van der Waals surface area contributed by atoms with Gasteiger partial charge in [-0.3, -0.25) is 0 Å². The van der Waals surface area contributed by atoms with Gasteiger partial charge in [0.15, 0.2) is 0 Å². The molecule has 0 atom stereocenters. The molecule has 0 saturated heterocycles. The molecule has 0 aliphatic carbocycles. The maximum Gasteiger partial charge on any atom is 0.143 e. The van der Waals surface area contributed by atoms with Gasteiger partial charge in [0.2, 0.25) is 0 Å². The number of benzene rings is 3.